The molecule has 13 heteroatoms. The number of nitrogens with two attached hydrogens (primary N) is 1. The molecule has 0 unspecified atom stereocenters. The summed E-state index contributed by atoms with van der Waals surface area (Å²) in [5, 5.41) is 19.1. The predicted molar refractivity (Wildman–Crippen MR) is 156 cm³/mol. The highest BCUT2D eigenvalue weighted by Crippen LogP contribution is 2.27. The first-order valence-electron chi connectivity index (χ1n) is 13.5. The number of carbonyl (C=O) groups excluding carboxylic acids is 1. The number of hydrogen-bond acceptors (Lipinski definition) is 5. The summed E-state index contributed by atoms with van der Waals surface area (Å²) in [6.45, 7) is 6.41. The van der Waals surface area contributed by atoms with E-state index in [-0.39, 0.29) is 16.1 Å². The molecule has 1 saturated heterocycles. The maximum absolute atomic E-state index is 14.4. The van der Waals surface area contributed by atoms with Gasteiger partial charge in [-0.2, -0.15) is 0 Å². The van der Waals surface area contributed by atoms with Gasteiger partial charge in [-0.15, -0.1) is 0 Å². The van der Waals surface area contributed by atoms with E-state index < -0.39 is 45.5 Å². The molecule has 1 fully saturated rings. The highest BCUT2D eigenvalue weighted by molar-refractivity contribution is 7.89. The fourth-order valence-electron chi connectivity index (χ4n) is 4.73. The van der Waals surface area contributed by atoms with Crippen molar-refractivity contribution < 1.29 is 26.4 Å². The minimum absolute atomic E-state index is 0.00585. The number of carbonyl (C=O) groups is 1. The van der Waals surface area contributed by atoms with Crippen LogP contribution < -0.4 is 15.8 Å². The zero-order chi connectivity index (χ0) is 30.4. The lowest BCUT2D eigenvalue weighted by Gasteiger charge is -2.36. The topological polar surface area (TPSA) is 132 Å². The summed E-state index contributed by atoms with van der Waals surface area (Å²) in [5.41, 5.74) is 0.398. The third-order valence-electron chi connectivity index (χ3n) is 7.07. The van der Waals surface area contributed by atoms with Crippen LogP contribution in [0, 0.1) is 22.9 Å². The van der Waals surface area contributed by atoms with Crippen LogP contribution in [0.1, 0.15) is 36.5 Å². The van der Waals surface area contributed by atoms with Crippen molar-refractivity contribution >= 4 is 33.3 Å². The van der Waals surface area contributed by atoms with Gasteiger partial charge in [-0.05, 0) is 61.0 Å². The van der Waals surface area contributed by atoms with Crippen molar-refractivity contribution in [2.75, 3.05) is 43.4 Å². The molecule has 2 amide bonds. The van der Waals surface area contributed by atoms with Gasteiger partial charge in [0.25, 0.3) is 0 Å². The number of benzene rings is 3. The van der Waals surface area contributed by atoms with Crippen LogP contribution in [0.15, 0.2) is 59.5 Å². The van der Waals surface area contributed by atoms with E-state index in [9.17, 15) is 26.4 Å². The van der Waals surface area contributed by atoms with Crippen molar-refractivity contribution in [2.45, 2.75) is 31.1 Å². The first kappa shape index (κ1) is 31.0. The summed E-state index contributed by atoms with van der Waals surface area (Å²) in [7, 11) is -4.19. The van der Waals surface area contributed by atoms with Gasteiger partial charge in [0, 0.05) is 55.1 Å². The van der Waals surface area contributed by atoms with Crippen molar-refractivity contribution in [2.24, 2.45) is 5.14 Å². The summed E-state index contributed by atoms with van der Waals surface area (Å²) in [5.74, 6) is -3.39. The lowest BCUT2D eigenvalue weighted by atomic mass is 10.0. The van der Waals surface area contributed by atoms with Gasteiger partial charge in [-0.25, -0.2) is 31.5 Å². The molecule has 42 heavy (non-hydrogen) atoms. The number of sulfonamides is 1. The molecule has 1 aliphatic rings. The number of unbranched alkanes of at least 4 members (excludes halogenated alkanes) is 1. The van der Waals surface area contributed by atoms with Crippen LogP contribution in [0.4, 0.5) is 29.3 Å². The van der Waals surface area contributed by atoms with Gasteiger partial charge < -0.3 is 15.5 Å². The summed E-state index contributed by atoms with van der Waals surface area (Å²) in [6, 6.07) is 10.9. The first-order valence-corrected chi connectivity index (χ1v) is 15.0. The van der Waals surface area contributed by atoms with Crippen LogP contribution in [0.25, 0.3) is 0 Å². The van der Waals surface area contributed by atoms with Crippen LogP contribution >= 0.6 is 0 Å². The second kappa shape index (κ2) is 13.4. The Bertz CT molecular complexity index is 1580. The zero-order valence-corrected chi connectivity index (χ0v) is 23.9. The van der Waals surface area contributed by atoms with Gasteiger partial charge in [-0.3, -0.25) is 10.3 Å². The molecule has 0 aromatic heterocycles. The number of hydrogen-bond donors (Lipinski definition) is 4. The summed E-state index contributed by atoms with van der Waals surface area (Å²) >= 11 is 0. The average Bonchev–Trinajstić information content (AvgIpc) is 2.96. The molecule has 1 heterocycles. The molecule has 224 valence electrons. The average molecular weight is 603 g/mol. The minimum atomic E-state index is -4.19. The van der Waals surface area contributed by atoms with Gasteiger partial charge in [0.2, 0.25) is 10.0 Å². The van der Waals surface area contributed by atoms with Crippen LogP contribution in [-0.4, -0.2) is 62.8 Å². The van der Waals surface area contributed by atoms with Crippen LogP contribution in [0.5, 0.6) is 0 Å². The van der Waals surface area contributed by atoms with Crippen molar-refractivity contribution in [1.29, 1.82) is 5.41 Å². The number of halogens is 3. The second-order valence-corrected chi connectivity index (χ2v) is 11.6. The largest absolute Gasteiger partial charge is 0.354 e. The Morgan fingerprint density at radius 3 is 2.38 bits per heavy atom. The van der Waals surface area contributed by atoms with Crippen molar-refractivity contribution in [3.63, 3.8) is 0 Å². The number of urea groups is 1. The Kier molecular flexibility index (Phi) is 9.86. The number of nitrogens with zero attached hydrogens (tertiary/aromatic N) is 2. The molecule has 0 saturated carbocycles. The Labute approximate surface area is 243 Å². The Morgan fingerprint density at radius 1 is 0.976 bits per heavy atom. The van der Waals surface area contributed by atoms with Crippen molar-refractivity contribution in [1.82, 2.24) is 9.80 Å². The SMILES string of the molecule is CCCCN1CCN(C(=N)c2cccc(NC(=O)Nc3ccc(S(N)(=O)=O)cc3Cc3c(F)ccc(F)c3F)c2)CC1. The van der Waals surface area contributed by atoms with Crippen molar-refractivity contribution in [3.05, 3.63) is 88.7 Å². The number of primary sulfonamides is 1. The number of rotatable bonds is 9. The predicted octanol–water partition coefficient (Wildman–Crippen LogP) is 4.73. The van der Waals surface area contributed by atoms with Gasteiger partial charge in [0.05, 0.1) is 4.90 Å². The third-order valence-corrected chi connectivity index (χ3v) is 7.98. The molecule has 4 rings (SSSR count). The smallest absolute Gasteiger partial charge is 0.323 e. The molecule has 3 aromatic rings. The van der Waals surface area contributed by atoms with Crippen LogP contribution in [0.2, 0.25) is 0 Å². The molecular weight excluding hydrogens is 569 g/mol. The van der Waals surface area contributed by atoms with E-state index in [0.717, 1.165) is 63.8 Å². The monoisotopic (exact) mass is 602 g/mol. The molecule has 3 aromatic carbocycles. The summed E-state index contributed by atoms with van der Waals surface area (Å²) < 4.78 is 66.4. The van der Waals surface area contributed by atoms with Gasteiger partial charge in [0.1, 0.15) is 11.7 Å². The van der Waals surface area contributed by atoms with E-state index in [4.69, 9.17) is 10.5 Å². The number of amidine groups is 1. The number of amides is 2. The van der Waals surface area contributed by atoms with E-state index in [0.29, 0.717) is 23.2 Å². The van der Waals surface area contributed by atoms with Crippen LogP contribution in [-0.2, 0) is 16.4 Å². The quantitative estimate of drug-likeness (QED) is 0.160. The van der Waals surface area contributed by atoms with E-state index >= 15 is 0 Å². The minimum Gasteiger partial charge on any atom is -0.354 e. The van der Waals surface area contributed by atoms with E-state index in [2.05, 4.69) is 22.5 Å². The Balaban J connectivity index is 1.49. The number of nitrogens with one attached hydrogen (secondary N) is 3. The fourth-order valence-corrected chi connectivity index (χ4v) is 5.29. The molecule has 0 bridgehead atoms. The number of anilines is 2. The fraction of sp³-hybridized carbons (Fsp3) is 0.310. The Morgan fingerprint density at radius 2 is 1.69 bits per heavy atom. The van der Waals surface area contributed by atoms with E-state index in [1.807, 2.05) is 4.90 Å². The van der Waals surface area contributed by atoms with E-state index in [1.54, 1.807) is 24.3 Å². The maximum Gasteiger partial charge on any atom is 0.323 e. The zero-order valence-electron chi connectivity index (χ0n) is 23.1. The van der Waals surface area contributed by atoms with Gasteiger partial charge in [0.15, 0.2) is 11.6 Å². The second-order valence-electron chi connectivity index (χ2n) is 10.1. The highest BCUT2D eigenvalue weighted by atomic mass is 32.2. The number of piperazine rings is 1. The third kappa shape index (κ3) is 7.66. The Hall–Kier alpha value is -3.94. The summed E-state index contributed by atoms with van der Waals surface area (Å²) in [4.78, 5) is 16.9. The lowest BCUT2D eigenvalue weighted by molar-refractivity contribution is 0.180. The molecule has 5 N–H and O–H groups in total. The molecule has 0 aliphatic carbocycles. The normalized spacial score (nSPS) is 14.1. The van der Waals surface area contributed by atoms with Crippen LogP contribution in [0.3, 0.4) is 0 Å². The standard InChI is InChI=1S/C29H33F3N6O3S/c1-2-3-11-37-12-14-38(15-13-37)28(33)19-5-4-6-21(16-19)35-29(39)36-26-10-7-22(42(34,40)41)17-20(26)18-23-24(30)8-9-25(31)27(23)32/h4-10,16-17,33H,2-3,11-15,18H2,1H3,(H2,34,40,41)(H2,35,36,39). The first-order chi connectivity index (χ1) is 20.0. The molecule has 9 nitrogen and oxygen atoms in total. The maximum atomic E-state index is 14.4. The molecule has 1 aliphatic heterocycles. The molecule has 0 radical (unpaired) electrons. The lowest BCUT2D eigenvalue weighted by Crippen LogP contribution is -2.48. The van der Waals surface area contributed by atoms with Gasteiger partial charge in [-0.1, -0.05) is 25.5 Å². The molecule has 0 spiro atoms. The molecular formula is C29H33F3N6O3S. The molecule has 0 atom stereocenters. The van der Waals surface area contributed by atoms with Gasteiger partial charge >= 0.3 is 6.03 Å². The van der Waals surface area contributed by atoms with Crippen molar-refractivity contribution in [3.8, 4) is 0 Å². The highest BCUT2D eigenvalue weighted by Gasteiger charge is 2.21. The van der Waals surface area contributed by atoms with E-state index in [1.165, 1.54) is 6.07 Å². The summed E-state index contributed by atoms with van der Waals surface area (Å²) in [6.07, 6.45) is 1.71.